The molecule has 2 heterocycles. The third-order valence-electron chi connectivity index (χ3n) is 10.1. The van der Waals surface area contributed by atoms with Gasteiger partial charge in [-0.1, -0.05) is 146 Å². The molecule has 0 unspecified atom stereocenters. The van der Waals surface area contributed by atoms with Crippen molar-refractivity contribution in [3.05, 3.63) is 194 Å². The van der Waals surface area contributed by atoms with Crippen molar-refractivity contribution in [1.29, 1.82) is 0 Å². The van der Waals surface area contributed by atoms with E-state index in [9.17, 15) is 0 Å². The van der Waals surface area contributed by atoms with Crippen LogP contribution < -0.4 is 0 Å². The van der Waals surface area contributed by atoms with Crippen LogP contribution in [-0.4, -0.2) is 9.97 Å². The minimum absolute atomic E-state index is 0.684. The summed E-state index contributed by atoms with van der Waals surface area (Å²) in [6.45, 7) is 0. The van der Waals surface area contributed by atoms with E-state index in [1.807, 2.05) is 12.1 Å². The largest absolute Gasteiger partial charge is 0.456 e. The number of aromatic nitrogens is 2. The second-order valence-corrected chi connectivity index (χ2v) is 13.4. The Hall–Kier alpha value is -7.10. The summed E-state index contributed by atoms with van der Waals surface area (Å²) in [6.07, 6.45) is 0. The maximum Gasteiger partial charge on any atom is 0.160 e. The van der Waals surface area contributed by atoms with Gasteiger partial charge >= 0.3 is 0 Å². The van der Waals surface area contributed by atoms with Crippen molar-refractivity contribution >= 4 is 32.7 Å². The van der Waals surface area contributed by atoms with Gasteiger partial charge in [-0.05, 0) is 92.7 Å². The minimum atomic E-state index is 0.684. The number of fused-ring (bicyclic) bond motifs is 4. The van der Waals surface area contributed by atoms with Gasteiger partial charge in [0, 0.05) is 27.5 Å². The number of furan rings is 1. The molecule has 248 valence electrons. The van der Waals surface area contributed by atoms with Crippen molar-refractivity contribution in [3.8, 4) is 67.3 Å². The van der Waals surface area contributed by atoms with Crippen LogP contribution in [0.3, 0.4) is 0 Å². The molecule has 0 spiro atoms. The monoisotopic (exact) mass is 676 g/mol. The van der Waals surface area contributed by atoms with Gasteiger partial charge in [0.15, 0.2) is 5.82 Å². The third kappa shape index (κ3) is 5.75. The highest BCUT2D eigenvalue weighted by Crippen LogP contribution is 2.39. The summed E-state index contributed by atoms with van der Waals surface area (Å²) < 4.78 is 6.19. The zero-order valence-corrected chi connectivity index (χ0v) is 28.8. The van der Waals surface area contributed by atoms with Crippen LogP contribution in [0.2, 0.25) is 0 Å². The molecule has 0 aliphatic carbocycles. The summed E-state index contributed by atoms with van der Waals surface area (Å²) in [4.78, 5) is 10.6. The molecule has 0 N–H and O–H groups in total. The molecule has 10 rings (SSSR count). The standard InChI is InChI=1S/C50H32N2O/c1-3-13-33(14-4-1)39-28-40(37-25-26-49-45(31-37)44-21-11-12-22-48(44)53-49)30-41(29-39)46-32-47(43-20-10-9-19-42(43)35-16-5-2-6-17-35)52-50(51-46)38-24-23-34-15-7-8-18-36(34)27-38/h1-32H. The van der Waals surface area contributed by atoms with E-state index in [1.54, 1.807) is 0 Å². The zero-order chi connectivity index (χ0) is 35.1. The van der Waals surface area contributed by atoms with E-state index in [0.29, 0.717) is 5.82 Å². The van der Waals surface area contributed by atoms with Crippen molar-refractivity contribution in [2.75, 3.05) is 0 Å². The molecule has 10 aromatic rings. The van der Waals surface area contributed by atoms with Crippen LogP contribution in [0.1, 0.15) is 0 Å². The normalized spacial score (nSPS) is 11.4. The second-order valence-electron chi connectivity index (χ2n) is 13.4. The molecule has 0 saturated carbocycles. The topological polar surface area (TPSA) is 38.9 Å². The van der Waals surface area contributed by atoms with E-state index >= 15 is 0 Å². The molecule has 0 amide bonds. The Bertz CT molecular complexity index is 2950. The molecule has 0 radical (unpaired) electrons. The van der Waals surface area contributed by atoms with Crippen LogP contribution in [0, 0.1) is 0 Å². The summed E-state index contributed by atoms with van der Waals surface area (Å²) in [6, 6.07) is 68.2. The fraction of sp³-hybridized carbons (Fsp3) is 0. The van der Waals surface area contributed by atoms with Crippen LogP contribution in [0.15, 0.2) is 199 Å². The van der Waals surface area contributed by atoms with Gasteiger partial charge in [-0.15, -0.1) is 0 Å². The van der Waals surface area contributed by atoms with Crippen molar-refractivity contribution in [1.82, 2.24) is 9.97 Å². The molecule has 53 heavy (non-hydrogen) atoms. The predicted molar refractivity (Wildman–Crippen MR) is 219 cm³/mol. The van der Waals surface area contributed by atoms with Gasteiger partial charge in [-0.3, -0.25) is 0 Å². The van der Waals surface area contributed by atoms with Gasteiger partial charge in [-0.2, -0.15) is 0 Å². The third-order valence-corrected chi connectivity index (χ3v) is 10.1. The van der Waals surface area contributed by atoms with Crippen LogP contribution in [0.5, 0.6) is 0 Å². The average molecular weight is 677 g/mol. The first kappa shape index (κ1) is 30.7. The van der Waals surface area contributed by atoms with Crippen LogP contribution in [0.4, 0.5) is 0 Å². The zero-order valence-electron chi connectivity index (χ0n) is 28.8. The first-order valence-corrected chi connectivity index (χ1v) is 17.9. The number of benzene rings is 8. The molecular weight excluding hydrogens is 645 g/mol. The molecule has 0 aliphatic heterocycles. The van der Waals surface area contributed by atoms with Crippen molar-refractivity contribution in [2.45, 2.75) is 0 Å². The summed E-state index contributed by atoms with van der Waals surface area (Å²) in [7, 11) is 0. The van der Waals surface area contributed by atoms with Crippen molar-refractivity contribution in [2.24, 2.45) is 0 Å². The summed E-state index contributed by atoms with van der Waals surface area (Å²) in [5.41, 5.74) is 13.3. The summed E-state index contributed by atoms with van der Waals surface area (Å²) in [5.74, 6) is 0.684. The SMILES string of the molecule is c1ccc(-c2cc(-c3ccc4oc5ccccc5c4c3)cc(-c3cc(-c4ccccc4-c4ccccc4)nc(-c4ccc5ccccc5c4)n3)c2)cc1. The first-order chi connectivity index (χ1) is 26.2. The number of rotatable bonds is 6. The van der Waals surface area contributed by atoms with E-state index in [4.69, 9.17) is 14.4 Å². The Morgan fingerprint density at radius 3 is 1.74 bits per heavy atom. The molecule has 0 bridgehead atoms. The molecular formula is C50H32N2O. The van der Waals surface area contributed by atoms with E-state index in [1.165, 1.54) is 5.39 Å². The summed E-state index contributed by atoms with van der Waals surface area (Å²) in [5, 5.41) is 4.55. The first-order valence-electron chi connectivity index (χ1n) is 17.9. The molecule has 3 heteroatoms. The quantitative estimate of drug-likeness (QED) is 0.176. The fourth-order valence-corrected chi connectivity index (χ4v) is 7.41. The lowest BCUT2D eigenvalue weighted by atomic mass is 9.93. The summed E-state index contributed by atoms with van der Waals surface area (Å²) >= 11 is 0. The molecule has 3 nitrogen and oxygen atoms in total. The smallest absolute Gasteiger partial charge is 0.160 e. The van der Waals surface area contributed by atoms with Gasteiger partial charge in [0.25, 0.3) is 0 Å². The second kappa shape index (κ2) is 12.9. The molecule has 8 aromatic carbocycles. The van der Waals surface area contributed by atoms with E-state index in [0.717, 1.165) is 88.8 Å². The van der Waals surface area contributed by atoms with Crippen LogP contribution in [-0.2, 0) is 0 Å². The van der Waals surface area contributed by atoms with Crippen LogP contribution >= 0.6 is 0 Å². The number of hydrogen-bond donors (Lipinski definition) is 0. The van der Waals surface area contributed by atoms with Crippen molar-refractivity contribution < 1.29 is 4.42 Å². The van der Waals surface area contributed by atoms with Gasteiger partial charge < -0.3 is 4.42 Å². The van der Waals surface area contributed by atoms with Crippen LogP contribution in [0.25, 0.3) is 100.0 Å². The lowest BCUT2D eigenvalue weighted by molar-refractivity contribution is 0.669. The Kier molecular flexibility index (Phi) is 7.47. The lowest BCUT2D eigenvalue weighted by Gasteiger charge is -2.15. The van der Waals surface area contributed by atoms with E-state index in [-0.39, 0.29) is 0 Å². The fourth-order valence-electron chi connectivity index (χ4n) is 7.41. The maximum atomic E-state index is 6.19. The molecule has 0 aliphatic rings. The van der Waals surface area contributed by atoms with Gasteiger partial charge in [-0.25, -0.2) is 9.97 Å². The Balaban J connectivity index is 1.21. The highest BCUT2D eigenvalue weighted by molar-refractivity contribution is 6.06. The highest BCUT2D eigenvalue weighted by atomic mass is 16.3. The Morgan fingerprint density at radius 2 is 0.906 bits per heavy atom. The van der Waals surface area contributed by atoms with Gasteiger partial charge in [0.1, 0.15) is 11.2 Å². The van der Waals surface area contributed by atoms with Gasteiger partial charge in [0.05, 0.1) is 11.4 Å². The van der Waals surface area contributed by atoms with Gasteiger partial charge in [0.2, 0.25) is 0 Å². The average Bonchev–Trinajstić information content (AvgIpc) is 3.62. The highest BCUT2D eigenvalue weighted by Gasteiger charge is 2.17. The van der Waals surface area contributed by atoms with E-state index in [2.05, 4.69) is 182 Å². The minimum Gasteiger partial charge on any atom is -0.456 e. The molecule has 0 atom stereocenters. The Labute approximate surface area is 307 Å². The van der Waals surface area contributed by atoms with Crippen molar-refractivity contribution in [3.63, 3.8) is 0 Å². The predicted octanol–water partition coefficient (Wildman–Crippen LogP) is 13.5. The van der Waals surface area contributed by atoms with E-state index < -0.39 is 0 Å². The molecule has 0 saturated heterocycles. The molecule has 2 aromatic heterocycles. The number of para-hydroxylation sites is 1. The number of nitrogens with zero attached hydrogens (tertiary/aromatic N) is 2. The number of hydrogen-bond acceptors (Lipinski definition) is 3. The maximum absolute atomic E-state index is 6.19. The molecule has 0 fully saturated rings. The lowest BCUT2D eigenvalue weighted by Crippen LogP contribution is -1.98. The Morgan fingerprint density at radius 1 is 0.302 bits per heavy atom.